The summed E-state index contributed by atoms with van der Waals surface area (Å²) < 4.78 is 0. The van der Waals surface area contributed by atoms with Crippen molar-refractivity contribution in [2.24, 2.45) is 5.92 Å². The molecule has 4 aromatic rings. The molecule has 0 radical (unpaired) electrons. The van der Waals surface area contributed by atoms with Gasteiger partial charge < -0.3 is 25.1 Å². The maximum atomic E-state index is 13.1. The minimum Gasteiger partial charge on any atom is -0.508 e. The van der Waals surface area contributed by atoms with Crippen LogP contribution in [0.3, 0.4) is 0 Å². The minimum absolute atomic E-state index is 0.0111. The molecule has 53 heavy (non-hydrogen) atoms. The average molecular weight is 713 g/mol. The first-order valence-electron chi connectivity index (χ1n) is 19.1. The van der Waals surface area contributed by atoms with Crippen molar-refractivity contribution in [3.63, 3.8) is 0 Å². The van der Waals surface area contributed by atoms with Gasteiger partial charge in [-0.3, -0.25) is 15.0 Å². The highest BCUT2D eigenvalue weighted by Gasteiger charge is 2.33. The van der Waals surface area contributed by atoms with Gasteiger partial charge in [-0.1, -0.05) is 48.5 Å². The maximum absolute atomic E-state index is 13.1. The zero-order valence-electron chi connectivity index (χ0n) is 30.1. The van der Waals surface area contributed by atoms with Gasteiger partial charge in [0.15, 0.2) is 0 Å². The number of fused-ring (bicyclic) bond motifs is 1. The number of piperidine rings is 1. The van der Waals surface area contributed by atoms with E-state index in [9.17, 15) is 19.5 Å². The number of benzene rings is 4. The fourth-order valence-electron chi connectivity index (χ4n) is 8.73. The van der Waals surface area contributed by atoms with Gasteiger partial charge in [-0.05, 0) is 108 Å². The van der Waals surface area contributed by atoms with Gasteiger partial charge >= 0.3 is 12.1 Å². The van der Waals surface area contributed by atoms with E-state index in [1.807, 2.05) is 41.3 Å². The number of piperazine rings is 1. The molecule has 4 aromatic carbocycles. The lowest BCUT2D eigenvalue weighted by atomic mass is 9.69. The number of nitrogens with zero attached hydrogens (tertiary/aromatic N) is 4. The summed E-state index contributed by atoms with van der Waals surface area (Å²) >= 11 is 0. The number of urea groups is 2. The second-order valence-corrected chi connectivity index (χ2v) is 14.9. The number of imide groups is 1. The van der Waals surface area contributed by atoms with E-state index in [0.29, 0.717) is 50.2 Å². The first-order valence-corrected chi connectivity index (χ1v) is 19.1. The summed E-state index contributed by atoms with van der Waals surface area (Å²) in [5.41, 5.74) is 8.31. The third kappa shape index (κ3) is 7.54. The van der Waals surface area contributed by atoms with Crippen molar-refractivity contribution < 1.29 is 19.5 Å². The van der Waals surface area contributed by atoms with Crippen LogP contribution in [0, 0.1) is 5.92 Å². The van der Waals surface area contributed by atoms with Crippen LogP contribution >= 0.6 is 0 Å². The topological polar surface area (TPSA) is 108 Å². The Kier molecular flexibility index (Phi) is 9.93. The van der Waals surface area contributed by atoms with Crippen molar-refractivity contribution in [3.8, 4) is 5.75 Å². The number of amides is 5. The van der Waals surface area contributed by atoms with E-state index < -0.39 is 0 Å². The molecule has 274 valence electrons. The Hall–Kier alpha value is -5.51. The second kappa shape index (κ2) is 15.2. The summed E-state index contributed by atoms with van der Waals surface area (Å²) in [6.07, 6.45) is 4.39. The predicted molar refractivity (Wildman–Crippen MR) is 208 cm³/mol. The molecule has 0 unspecified atom stereocenters. The van der Waals surface area contributed by atoms with E-state index in [1.54, 1.807) is 4.90 Å². The monoisotopic (exact) mass is 712 g/mol. The molecule has 10 heteroatoms. The highest BCUT2D eigenvalue weighted by molar-refractivity contribution is 6.05. The van der Waals surface area contributed by atoms with Crippen LogP contribution in [-0.2, 0) is 11.2 Å². The Balaban J connectivity index is 0.808. The predicted octanol–water partition coefficient (Wildman–Crippen LogP) is 6.45. The molecule has 3 fully saturated rings. The second-order valence-electron chi connectivity index (χ2n) is 14.9. The minimum atomic E-state index is -0.382. The molecule has 2 atom stereocenters. The van der Waals surface area contributed by atoms with Crippen LogP contribution in [0.4, 0.5) is 26.7 Å². The van der Waals surface area contributed by atoms with E-state index in [2.05, 4.69) is 81.1 Å². The molecule has 0 spiro atoms. The number of hydrogen-bond donors (Lipinski definition) is 3. The number of anilines is 3. The molecule has 1 aliphatic carbocycles. The number of carbonyl (C=O) groups excluding carboxylic acids is 3. The van der Waals surface area contributed by atoms with Crippen molar-refractivity contribution >= 4 is 35.0 Å². The van der Waals surface area contributed by atoms with Crippen LogP contribution in [0.1, 0.15) is 59.8 Å². The molecular formula is C43H48N6O4. The number of aryl methyl sites for hydroxylation is 1. The van der Waals surface area contributed by atoms with Crippen molar-refractivity contribution in [1.29, 1.82) is 0 Å². The summed E-state index contributed by atoms with van der Waals surface area (Å²) in [5.74, 6) is 1.18. The van der Waals surface area contributed by atoms with Crippen LogP contribution in [-0.4, -0.2) is 80.3 Å². The number of phenolic OH excluding ortho intramolecular Hbond substituents is 1. The SMILES string of the molecule is O=C1CCN(c2ccc(N3CCN(C(=O)NCC4CCN(c5ccc([C@@H]6c7ccc(O)cc7CC[C@@H]6c6ccccc6)cc5)CC4)CC3)cc2)C(=O)N1. The lowest BCUT2D eigenvalue weighted by Crippen LogP contribution is -2.52. The third-order valence-electron chi connectivity index (χ3n) is 11.7. The number of rotatable bonds is 7. The smallest absolute Gasteiger partial charge is 0.328 e. The van der Waals surface area contributed by atoms with Gasteiger partial charge in [-0.25, -0.2) is 9.59 Å². The van der Waals surface area contributed by atoms with Crippen LogP contribution < -0.4 is 25.3 Å². The molecule has 10 nitrogen and oxygen atoms in total. The van der Waals surface area contributed by atoms with Crippen molar-refractivity contribution in [2.75, 3.05) is 67.1 Å². The van der Waals surface area contributed by atoms with E-state index in [1.165, 1.54) is 27.9 Å². The van der Waals surface area contributed by atoms with Crippen molar-refractivity contribution in [2.45, 2.75) is 43.9 Å². The van der Waals surface area contributed by atoms with Gasteiger partial charge in [-0.2, -0.15) is 0 Å². The fourth-order valence-corrected chi connectivity index (χ4v) is 8.73. The highest BCUT2D eigenvalue weighted by Crippen LogP contribution is 2.47. The van der Waals surface area contributed by atoms with Gasteiger partial charge in [0.2, 0.25) is 5.91 Å². The number of hydrogen-bond acceptors (Lipinski definition) is 6. The van der Waals surface area contributed by atoms with Crippen LogP contribution in [0.25, 0.3) is 0 Å². The molecule has 4 aliphatic rings. The molecule has 3 N–H and O–H groups in total. The first kappa shape index (κ1) is 34.6. The highest BCUT2D eigenvalue weighted by atomic mass is 16.3. The summed E-state index contributed by atoms with van der Waals surface area (Å²) in [5, 5.41) is 15.8. The van der Waals surface area contributed by atoms with Gasteiger partial charge in [-0.15, -0.1) is 0 Å². The quantitative estimate of drug-likeness (QED) is 0.204. The zero-order valence-corrected chi connectivity index (χ0v) is 30.1. The molecule has 0 bridgehead atoms. The number of carbonyl (C=O) groups is 3. The molecule has 3 saturated heterocycles. The normalized spacial score (nSPS) is 20.9. The lowest BCUT2D eigenvalue weighted by Gasteiger charge is -2.37. The van der Waals surface area contributed by atoms with Crippen LogP contribution in [0.2, 0.25) is 0 Å². The Morgan fingerprint density at radius 2 is 1.36 bits per heavy atom. The Morgan fingerprint density at radius 1 is 0.698 bits per heavy atom. The summed E-state index contributed by atoms with van der Waals surface area (Å²) in [6, 6.07) is 33.3. The van der Waals surface area contributed by atoms with Crippen LogP contribution in [0.5, 0.6) is 5.75 Å². The number of phenols is 1. The number of aromatic hydroxyl groups is 1. The average Bonchev–Trinajstić information content (AvgIpc) is 3.20. The van der Waals surface area contributed by atoms with Crippen molar-refractivity contribution in [3.05, 3.63) is 119 Å². The van der Waals surface area contributed by atoms with E-state index in [-0.39, 0.29) is 23.9 Å². The van der Waals surface area contributed by atoms with E-state index in [4.69, 9.17) is 0 Å². The Morgan fingerprint density at radius 3 is 2.06 bits per heavy atom. The van der Waals surface area contributed by atoms with Gasteiger partial charge in [0.1, 0.15) is 5.75 Å². The largest absolute Gasteiger partial charge is 0.508 e. The summed E-state index contributed by atoms with van der Waals surface area (Å²) in [7, 11) is 0. The standard InChI is InChI=1S/C43H48N6O4/c50-37-15-17-39-33(28-37)8-16-38(31-4-2-1-3-5-31)41(39)32-6-9-34(10-7-32)46-21-18-30(19-22-46)29-44-42(52)48-26-24-47(25-27-48)35-11-13-36(14-12-35)49-23-20-40(51)45-43(49)53/h1-7,9-15,17,28,30,38,41,50H,8,16,18-27,29H2,(H,44,52)(H,45,51,53)/t38-,41+/m1/s1. The van der Waals surface area contributed by atoms with Gasteiger partial charge in [0.05, 0.1) is 0 Å². The van der Waals surface area contributed by atoms with Gasteiger partial charge in [0, 0.05) is 81.8 Å². The summed E-state index contributed by atoms with van der Waals surface area (Å²) in [6.45, 7) is 5.80. The first-order chi connectivity index (χ1) is 25.9. The molecule has 8 rings (SSSR count). The fraction of sp³-hybridized carbons (Fsp3) is 0.372. The molecule has 3 heterocycles. The van der Waals surface area contributed by atoms with Crippen LogP contribution in [0.15, 0.2) is 97.1 Å². The molecule has 0 saturated carbocycles. The Bertz CT molecular complexity index is 1920. The van der Waals surface area contributed by atoms with Gasteiger partial charge in [0.25, 0.3) is 0 Å². The summed E-state index contributed by atoms with van der Waals surface area (Å²) in [4.78, 5) is 45.0. The Labute approximate surface area is 311 Å². The van der Waals surface area contributed by atoms with E-state index in [0.717, 1.165) is 63.2 Å². The third-order valence-corrected chi connectivity index (χ3v) is 11.7. The molecular weight excluding hydrogens is 665 g/mol. The molecule has 5 amide bonds. The zero-order chi connectivity index (χ0) is 36.3. The molecule has 3 aliphatic heterocycles. The van der Waals surface area contributed by atoms with Crippen molar-refractivity contribution in [1.82, 2.24) is 15.5 Å². The maximum Gasteiger partial charge on any atom is 0.328 e. The molecule has 0 aromatic heterocycles. The lowest BCUT2D eigenvalue weighted by molar-refractivity contribution is -0.120. The number of nitrogens with one attached hydrogen (secondary N) is 2. The van der Waals surface area contributed by atoms with E-state index >= 15 is 0 Å².